The van der Waals surface area contributed by atoms with Crippen molar-refractivity contribution in [1.29, 1.82) is 0 Å². The van der Waals surface area contributed by atoms with Gasteiger partial charge in [0.25, 0.3) is 0 Å². The van der Waals surface area contributed by atoms with Gasteiger partial charge in [0, 0.05) is 6.04 Å². The van der Waals surface area contributed by atoms with E-state index in [9.17, 15) is 5.11 Å². The predicted octanol–water partition coefficient (Wildman–Crippen LogP) is 0.0695. The summed E-state index contributed by atoms with van der Waals surface area (Å²) in [6.45, 7) is 4.69. The number of rotatable bonds is 5. The van der Waals surface area contributed by atoms with Gasteiger partial charge in [0.2, 0.25) is 0 Å². The maximum atomic E-state index is 9.44. The molecule has 0 bridgehead atoms. The average Bonchev–Trinajstić information content (AvgIpc) is 1.86. The lowest BCUT2D eigenvalue weighted by atomic mass is 9.99. The molecule has 0 saturated heterocycles. The summed E-state index contributed by atoms with van der Waals surface area (Å²) in [6, 6.07) is -0.151. The van der Waals surface area contributed by atoms with E-state index in [-0.39, 0.29) is 6.04 Å². The van der Waals surface area contributed by atoms with Crippen LogP contribution in [-0.2, 0) is 0 Å². The molecule has 0 amide bonds. The molecule has 11 heavy (non-hydrogen) atoms. The first-order valence-corrected chi connectivity index (χ1v) is 4.21. The molecule has 0 aliphatic heterocycles. The van der Waals surface area contributed by atoms with Crippen molar-refractivity contribution in [1.82, 2.24) is 0 Å². The van der Waals surface area contributed by atoms with Crippen molar-refractivity contribution in [2.24, 2.45) is 17.4 Å². The Balaban J connectivity index is 3.54. The second-order valence-corrected chi connectivity index (χ2v) is 3.44. The number of aliphatic hydroxyl groups excluding tert-OH is 1. The topological polar surface area (TPSA) is 72.3 Å². The van der Waals surface area contributed by atoms with Gasteiger partial charge in [0.1, 0.15) is 0 Å². The fourth-order valence-electron chi connectivity index (χ4n) is 1.04. The Kier molecular flexibility index (Phi) is 5.46. The normalized spacial score (nSPS) is 16.9. The molecule has 0 saturated carbocycles. The smallest absolute Gasteiger partial charge is 0.0694 e. The Morgan fingerprint density at radius 1 is 1.36 bits per heavy atom. The van der Waals surface area contributed by atoms with Crippen molar-refractivity contribution in [3.05, 3.63) is 0 Å². The fraction of sp³-hybridized carbons (Fsp3) is 1.00. The summed E-state index contributed by atoms with van der Waals surface area (Å²) >= 11 is 0. The molecule has 3 nitrogen and oxygen atoms in total. The van der Waals surface area contributed by atoms with Gasteiger partial charge in [-0.2, -0.15) is 0 Å². The lowest BCUT2D eigenvalue weighted by Gasteiger charge is -2.19. The largest absolute Gasteiger partial charge is 0.392 e. The number of aliphatic hydroxyl groups is 1. The summed E-state index contributed by atoms with van der Waals surface area (Å²) in [5.41, 5.74) is 11.0. The van der Waals surface area contributed by atoms with Crippen molar-refractivity contribution in [3.8, 4) is 0 Å². The monoisotopic (exact) mass is 160 g/mol. The van der Waals surface area contributed by atoms with Gasteiger partial charge in [-0.25, -0.2) is 0 Å². The minimum Gasteiger partial charge on any atom is -0.392 e. The maximum Gasteiger partial charge on any atom is 0.0694 e. The summed E-state index contributed by atoms with van der Waals surface area (Å²) < 4.78 is 0. The van der Waals surface area contributed by atoms with Crippen LogP contribution in [0.4, 0.5) is 0 Å². The van der Waals surface area contributed by atoms with E-state index in [4.69, 9.17) is 11.5 Å². The standard InChI is InChI=1S/C8H20N2O/c1-6(2)5-8(11)7(10)3-4-9/h6-8,11H,3-5,9-10H2,1-2H3/t7?,8-/m1/s1. The minimum absolute atomic E-state index is 0.151. The highest BCUT2D eigenvalue weighted by Gasteiger charge is 2.14. The Labute approximate surface area is 68.8 Å². The van der Waals surface area contributed by atoms with Crippen molar-refractivity contribution >= 4 is 0 Å². The molecule has 0 aliphatic carbocycles. The lowest BCUT2D eigenvalue weighted by molar-refractivity contribution is 0.118. The molecule has 1 unspecified atom stereocenters. The molecule has 0 aromatic carbocycles. The van der Waals surface area contributed by atoms with Gasteiger partial charge in [-0.15, -0.1) is 0 Å². The SMILES string of the molecule is CC(C)C[C@@H](O)C(N)CCN. The van der Waals surface area contributed by atoms with E-state index in [0.717, 1.165) is 6.42 Å². The zero-order valence-electron chi connectivity index (χ0n) is 7.46. The Morgan fingerprint density at radius 2 is 1.91 bits per heavy atom. The quantitative estimate of drug-likeness (QED) is 0.533. The van der Waals surface area contributed by atoms with E-state index >= 15 is 0 Å². The summed E-state index contributed by atoms with van der Waals surface area (Å²) in [6.07, 6.45) is 1.08. The minimum atomic E-state index is -0.390. The van der Waals surface area contributed by atoms with Crippen LogP contribution in [0.2, 0.25) is 0 Å². The van der Waals surface area contributed by atoms with Crippen molar-refractivity contribution in [3.63, 3.8) is 0 Å². The maximum absolute atomic E-state index is 9.44. The third-order valence-corrected chi connectivity index (χ3v) is 1.71. The van der Waals surface area contributed by atoms with Gasteiger partial charge < -0.3 is 16.6 Å². The second-order valence-electron chi connectivity index (χ2n) is 3.44. The Bertz CT molecular complexity index is 96.1. The highest BCUT2D eigenvalue weighted by Crippen LogP contribution is 2.08. The van der Waals surface area contributed by atoms with Crippen molar-refractivity contribution < 1.29 is 5.11 Å². The number of hydrogen-bond donors (Lipinski definition) is 3. The van der Waals surface area contributed by atoms with Gasteiger partial charge in [-0.05, 0) is 25.3 Å². The van der Waals surface area contributed by atoms with E-state index in [1.807, 2.05) is 0 Å². The van der Waals surface area contributed by atoms with Crippen LogP contribution >= 0.6 is 0 Å². The molecule has 0 heterocycles. The lowest BCUT2D eigenvalue weighted by Crippen LogP contribution is -2.37. The van der Waals surface area contributed by atoms with Gasteiger partial charge >= 0.3 is 0 Å². The van der Waals surface area contributed by atoms with Crippen molar-refractivity contribution in [2.45, 2.75) is 38.8 Å². The zero-order chi connectivity index (χ0) is 8.85. The predicted molar refractivity (Wildman–Crippen MR) is 47.1 cm³/mol. The van der Waals surface area contributed by atoms with E-state index in [0.29, 0.717) is 18.9 Å². The average molecular weight is 160 g/mol. The summed E-state index contributed by atoms with van der Waals surface area (Å²) in [7, 11) is 0. The summed E-state index contributed by atoms with van der Waals surface area (Å²) in [5.74, 6) is 0.494. The van der Waals surface area contributed by atoms with Crippen LogP contribution in [-0.4, -0.2) is 23.8 Å². The Hall–Kier alpha value is -0.120. The molecular weight excluding hydrogens is 140 g/mol. The molecule has 5 N–H and O–H groups in total. The van der Waals surface area contributed by atoms with Crippen LogP contribution in [0.5, 0.6) is 0 Å². The number of hydrogen-bond acceptors (Lipinski definition) is 3. The molecule has 0 fully saturated rings. The van der Waals surface area contributed by atoms with Gasteiger partial charge in [0.15, 0.2) is 0 Å². The molecule has 0 aliphatic rings. The van der Waals surface area contributed by atoms with Gasteiger partial charge in [-0.1, -0.05) is 13.8 Å². The molecule has 0 radical (unpaired) electrons. The second kappa shape index (κ2) is 5.52. The van der Waals surface area contributed by atoms with Crippen LogP contribution < -0.4 is 11.5 Å². The number of nitrogens with two attached hydrogens (primary N) is 2. The molecule has 3 heteroatoms. The molecule has 0 aromatic rings. The highest BCUT2D eigenvalue weighted by atomic mass is 16.3. The first-order valence-electron chi connectivity index (χ1n) is 4.21. The van der Waals surface area contributed by atoms with Crippen LogP contribution in [0.3, 0.4) is 0 Å². The van der Waals surface area contributed by atoms with Gasteiger partial charge in [0.05, 0.1) is 6.10 Å². The van der Waals surface area contributed by atoms with E-state index in [1.165, 1.54) is 0 Å². The fourth-order valence-corrected chi connectivity index (χ4v) is 1.04. The molecular formula is C8H20N2O. The first-order chi connectivity index (χ1) is 5.07. The zero-order valence-corrected chi connectivity index (χ0v) is 7.46. The van der Waals surface area contributed by atoms with Crippen LogP contribution in [0.15, 0.2) is 0 Å². The summed E-state index contributed by atoms with van der Waals surface area (Å²) in [4.78, 5) is 0. The molecule has 0 aromatic heterocycles. The molecule has 68 valence electrons. The molecule has 0 spiro atoms. The highest BCUT2D eigenvalue weighted by molar-refractivity contribution is 4.72. The van der Waals surface area contributed by atoms with Crippen LogP contribution in [0.25, 0.3) is 0 Å². The van der Waals surface area contributed by atoms with Crippen LogP contribution in [0, 0.1) is 5.92 Å². The van der Waals surface area contributed by atoms with E-state index in [1.54, 1.807) is 0 Å². The van der Waals surface area contributed by atoms with Gasteiger partial charge in [-0.3, -0.25) is 0 Å². The van der Waals surface area contributed by atoms with E-state index in [2.05, 4.69) is 13.8 Å². The van der Waals surface area contributed by atoms with Crippen molar-refractivity contribution in [2.75, 3.05) is 6.54 Å². The van der Waals surface area contributed by atoms with Crippen LogP contribution in [0.1, 0.15) is 26.7 Å². The third-order valence-electron chi connectivity index (χ3n) is 1.71. The van der Waals surface area contributed by atoms with E-state index < -0.39 is 6.10 Å². The molecule has 0 rings (SSSR count). The third kappa shape index (κ3) is 5.18. The molecule has 2 atom stereocenters. The Morgan fingerprint density at radius 3 is 2.27 bits per heavy atom. The first kappa shape index (κ1) is 10.9. The summed E-state index contributed by atoms with van der Waals surface area (Å²) in [5, 5.41) is 9.44.